The van der Waals surface area contributed by atoms with Crippen LogP contribution in [0.25, 0.3) is 6.08 Å². The first-order valence-electron chi connectivity index (χ1n) is 7.14. The van der Waals surface area contributed by atoms with Gasteiger partial charge in [0.15, 0.2) is 0 Å². The molecule has 0 fully saturated rings. The van der Waals surface area contributed by atoms with Crippen molar-refractivity contribution in [2.75, 3.05) is 11.9 Å². The highest BCUT2D eigenvalue weighted by Gasteiger charge is 2.12. The van der Waals surface area contributed by atoms with Gasteiger partial charge in [-0.05, 0) is 48.9 Å². The minimum Gasteiger partial charge on any atom is -0.494 e. The summed E-state index contributed by atoms with van der Waals surface area (Å²) < 4.78 is 5.40. The highest BCUT2D eigenvalue weighted by molar-refractivity contribution is 6.36. The van der Waals surface area contributed by atoms with Gasteiger partial charge in [0, 0.05) is 5.02 Å². The molecular formula is C18H14Cl2N2O2. The van der Waals surface area contributed by atoms with Crippen LogP contribution < -0.4 is 10.1 Å². The fraction of sp³-hybridized carbons (Fsp3) is 0.111. The maximum absolute atomic E-state index is 12.3. The average Bonchev–Trinajstić information content (AvgIpc) is 2.56. The summed E-state index contributed by atoms with van der Waals surface area (Å²) in [6.07, 6.45) is 1.48. The summed E-state index contributed by atoms with van der Waals surface area (Å²) in [7, 11) is 0. The van der Waals surface area contributed by atoms with Gasteiger partial charge in [-0.25, -0.2) is 0 Å². The molecule has 0 unspecified atom stereocenters. The molecule has 2 aromatic carbocycles. The maximum atomic E-state index is 12.3. The van der Waals surface area contributed by atoms with Crippen LogP contribution in [0.3, 0.4) is 0 Å². The van der Waals surface area contributed by atoms with E-state index in [0.29, 0.717) is 33.7 Å². The Bertz CT molecular complexity index is 826. The van der Waals surface area contributed by atoms with Crippen molar-refractivity contribution in [3.63, 3.8) is 0 Å². The molecule has 0 aliphatic rings. The molecule has 0 aliphatic carbocycles. The van der Waals surface area contributed by atoms with Crippen molar-refractivity contribution in [3.8, 4) is 11.8 Å². The minimum absolute atomic E-state index is 0.0558. The van der Waals surface area contributed by atoms with Crippen LogP contribution in [-0.2, 0) is 4.79 Å². The Morgan fingerprint density at radius 2 is 2.08 bits per heavy atom. The van der Waals surface area contributed by atoms with Gasteiger partial charge in [0.2, 0.25) is 0 Å². The summed E-state index contributed by atoms with van der Waals surface area (Å²) in [4.78, 5) is 12.3. The maximum Gasteiger partial charge on any atom is 0.266 e. The zero-order valence-electron chi connectivity index (χ0n) is 12.8. The van der Waals surface area contributed by atoms with Crippen LogP contribution in [0.1, 0.15) is 12.5 Å². The van der Waals surface area contributed by atoms with Gasteiger partial charge in [-0.1, -0.05) is 35.3 Å². The third-order valence-electron chi connectivity index (χ3n) is 3.02. The molecule has 6 heteroatoms. The number of ether oxygens (including phenoxy) is 1. The highest BCUT2D eigenvalue weighted by Crippen LogP contribution is 2.26. The van der Waals surface area contributed by atoms with E-state index in [-0.39, 0.29) is 5.57 Å². The summed E-state index contributed by atoms with van der Waals surface area (Å²) in [6, 6.07) is 13.7. The smallest absolute Gasteiger partial charge is 0.266 e. The highest BCUT2D eigenvalue weighted by atomic mass is 35.5. The van der Waals surface area contributed by atoms with E-state index < -0.39 is 5.91 Å². The molecule has 1 amide bonds. The number of anilines is 1. The molecule has 24 heavy (non-hydrogen) atoms. The number of rotatable bonds is 5. The monoisotopic (exact) mass is 360 g/mol. The quantitative estimate of drug-likeness (QED) is 0.606. The molecule has 0 radical (unpaired) electrons. The van der Waals surface area contributed by atoms with E-state index >= 15 is 0 Å². The van der Waals surface area contributed by atoms with Crippen molar-refractivity contribution in [1.29, 1.82) is 5.26 Å². The molecular weight excluding hydrogens is 347 g/mol. The lowest BCUT2D eigenvalue weighted by atomic mass is 10.1. The van der Waals surface area contributed by atoms with E-state index in [1.54, 1.807) is 36.4 Å². The van der Waals surface area contributed by atoms with Crippen molar-refractivity contribution >= 4 is 40.9 Å². The molecule has 0 saturated carbocycles. The Labute approximate surface area is 150 Å². The normalized spacial score (nSPS) is 10.8. The Kier molecular flexibility index (Phi) is 6.25. The fourth-order valence-electron chi connectivity index (χ4n) is 1.96. The van der Waals surface area contributed by atoms with Gasteiger partial charge < -0.3 is 10.1 Å². The first-order chi connectivity index (χ1) is 11.5. The van der Waals surface area contributed by atoms with E-state index in [9.17, 15) is 10.1 Å². The predicted molar refractivity (Wildman–Crippen MR) is 96.3 cm³/mol. The van der Waals surface area contributed by atoms with Gasteiger partial charge in [0.25, 0.3) is 5.91 Å². The molecule has 0 atom stereocenters. The van der Waals surface area contributed by atoms with Crippen LogP contribution >= 0.6 is 23.2 Å². The number of nitrogens with zero attached hydrogens (tertiary/aromatic N) is 1. The van der Waals surface area contributed by atoms with Crippen molar-refractivity contribution in [3.05, 3.63) is 63.6 Å². The summed E-state index contributed by atoms with van der Waals surface area (Å²) >= 11 is 11.9. The second kappa shape index (κ2) is 8.39. The van der Waals surface area contributed by atoms with Crippen molar-refractivity contribution in [1.82, 2.24) is 0 Å². The second-order valence-electron chi connectivity index (χ2n) is 4.75. The van der Waals surface area contributed by atoms with Crippen LogP contribution in [0.5, 0.6) is 5.75 Å². The molecule has 0 saturated heterocycles. The number of nitrogens with one attached hydrogen (secondary N) is 1. The Morgan fingerprint density at radius 1 is 1.29 bits per heavy atom. The van der Waals surface area contributed by atoms with Crippen LogP contribution in [0, 0.1) is 11.3 Å². The second-order valence-corrected chi connectivity index (χ2v) is 5.60. The largest absolute Gasteiger partial charge is 0.494 e. The van der Waals surface area contributed by atoms with E-state index in [2.05, 4.69) is 5.32 Å². The molecule has 0 bridgehead atoms. The van der Waals surface area contributed by atoms with Gasteiger partial charge in [-0.15, -0.1) is 0 Å². The Morgan fingerprint density at radius 3 is 2.79 bits per heavy atom. The standard InChI is InChI=1S/C18H14Cl2N2O2/c1-2-24-15-5-3-4-12(9-15)8-13(11-21)18(23)22-17-10-14(19)6-7-16(17)20/h3-10H,2H2,1H3,(H,22,23)/b13-8+. The molecule has 4 nitrogen and oxygen atoms in total. The van der Waals surface area contributed by atoms with Crippen LogP contribution in [0.2, 0.25) is 10.0 Å². The average molecular weight is 361 g/mol. The van der Waals surface area contributed by atoms with E-state index in [1.807, 2.05) is 13.0 Å². The summed E-state index contributed by atoms with van der Waals surface area (Å²) in [5, 5.41) is 12.6. The summed E-state index contributed by atoms with van der Waals surface area (Å²) in [5.74, 6) is 0.102. The Balaban J connectivity index is 2.24. The van der Waals surface area contributed by atoms with Gasteiger partial charge in [-0.2, -0.15) is 5.26 Å². The third-order valence-corrected chi connectivity index (χ3v) is 3.59. The van der Waals surface area contributed by atoms with Gasteiger partial charge in [-0.3, -0.25) is 4.79 Å². The molecule has 2 aromatic rings. The van der Waals surface area contributed by atoms with Crippen LogP contribution in [0.4, 0.5) is 5.69 Å². The molecule has 0 heterocycles. The van der Waals surface area contributed by atoms with E-state index in [0.717, 1.165) is 0 Å². The molecule has 1 N–H and O–H groups in total. The van der Waals surface area contributed by atoms with Gasteiger partial charge in [0.1, 0.15) is 17.4 Å². The van der Waals surface area contributed by atoms with Gasteiger partial charge >= 0.3 is 0 Å². The van der Waals surface area contributed by atoms with Crippen molar-refractivity contribution in [2.24, 2.45) is 0 Å². The predicted octanol–water partition coefficient (Wildman–Crippen LogP) is 4.94. The van der Waals surface area contributed by atoms with E-state index in [4.69, 9.17) is 27.9 Å². The van der Waals surface area contributed by atoms with Crippen molar-refractivity contribution < 1.29 is 9.53 Å². The topological polar surface area (TPSA) is 62.1 Å². The number of carbonyl (C=O) groups excluding carboxylic acids is 1. The number of benzene rings is 2. The summed E-state index contributed by atoms with van der Waals surface area (Å²) in [6.45, 7) is 2.41. The fourth-order valence-corrected chi connectivity index (χ4v) is 2.30. The molecule has 0 aliphatic heterocycles. The molecule has 0 aromatic heterocycles. The lowest BCUT2D eigenvalue weighted by molar-refractivity contribution is -0.112. The molecule has 0 spiro atoms. The zero-order valence-corrected chi connectivity index (χ0v) is 14.4. The lowest BCUT2D eigenvalue weighted by Gasteiger charge is -2.07. The number of halogens is 2. The SMILES string of the molecule is CCOc1cccc(/C=C(\C#N)C(=O)Nc2cc(Cl)ccc2Cl)c1. The number of carbonyl (C=O) groups is 1. The minimum atomic E-state index is -0.566. The van der Waals surface area contributed by atoms with Crippen molar-refractivity contribution in [2.45, 2.75) is 6.92 Å². The van der Waals surface area contributed by atoms with E-state index in [1.165, 1.54) is 12.1 Å². The number of hydrogen-bond donors (Lipinski definition) is 1. The summed E-state index contributed by atoms with van der Waals surface area (Å²) in [5.41, 5.74) is 0.975. The number of amides is 1. The van der Waals surface area contributed by atoms with Gasteiger partial charge in [0.05, 0.1) is 17.3 Å². The molecule has 122 valence electrons. The first kappa shape index (κ1) is 17.9. The van der Waals surface area contributed by atoms with Crippen LogP contribution in [0.15, 0.2) is 48.0 Å². The third kappa shape index (κ3) is 4.76. The number of nitriles is 1. The Hall–Kier alpha value is -2.48. The number of hydrogen-bond acceptors (Lipinski definition) is 3. The first-order valence-corrected chi connectivity index (χ1v) is 7.90. The lowest BCUT2D eigenvalue weighted by Crippen LogP contribution is -2.13. The molecule has 2 rings (SSSR count). The van der Waals surface area contributed by atoms with Crippen LogP contribution in [-0.4, -0.2) is 12.5 Å². The zero-order chi connectivity index (χ0) is 17.5.